The molecule has 2 aliphatic heterocycles. The molecule has 1 spiro atoms. The van der Waals surface area contributed by atoms with Crippen LogP contribution in [0.2, 0.25) is 0 Å². The number of nitrogens with zero attached hydrogens (tertiary/aromatic N) is 2. The Kier molecular flexibility index (Phi) is 11.8. The van der Waals surface area contributed by atoms with Gasteiger partial charge in [-0.2, -0.15) is 26.3 Å². The van der Waals surface area contributed by atoms with Gasteiger partial charge in [0.15, 0.2) is 0 Å². The standard InChI is InChI=1S/C20H30N2O2.2C2HF3O2/c1-2-4-17(3-1)14-22-11-7-20(8-12-22)13-19(16-24-20)23-15-18-5-9-21-10-6-18;2*3-2(4,5)1(6)7/h5-6,9-10,17,19H,1-4,7-8,11-16H2;2*(H,6,7). The number of rotatable bonds is 5. The van der Waals surface area contributed by atoms with Gasteiger partial charge in [0.1, 0.15) is 0 Å². The largest absolute Gasteiger partial charge is 0.490 e. The van der Waals surface area contributed by atoms with E-state index in [1.807, 2.05) is 24.5 Å². The fourth-order valence-corrected chi connectivity index (χ4v) is 4.65. The Morgan fingerprint density at radius 3 is 1.97 bits per heavy atom. The van der Waals surface area contributed by atoms with Gasteiger partial charge in [0, 0.05) is 38.4 Å². The number of piperidine rings is 1. The number of carbonyl (C=O) groups is 2. The third-order valence-corrected chi connectivity index (χ3v) is 6.65. The van der Waals surface area contributed by atoms with Gasteiger partial charge in [0.05, 0.1) is 24.9 Å². The van der Waals surface area contributed by atoms with E-state index in [0.717, 1.165) is 18.9 Å². The van der Waals surface area contributed by atoms with Crippen LogP contribution in [-0.2, 0) is 25.7 Å². The molecule has 4 rings (SSSR count). The molecule has 2 N–H and O–H groups in total. The summed E-state index contributed by atoms with van der Waals surface area (Å²) in [5.74, 6) is -4.56. The Labute approximate surface area is 215 Å². The third-order valence-electron chi connectivity index (χ3n) is 6.65. The van der Waals surface area contributed by atoms with Crippen molar-refractivity contribution in [1.29, 1.82) is 0 Å². The Morgan fingerprint density at radius 2 is 1.50 bits per heavy atom. The van der Waals surface area contributed by atoms with E-state index in [4.69, 9.17) is 29.3 Å². The molecule has 0 bridgehead atoms. The van der Waals surface area contributed by atoms with Crippen LogP contribution in [0.25, 0.3) is 0 Å². The van der Waals surface area contributed by atoms with E-state index in [9.17, 15) is 26.3 Å². The molecule has 1 aromatic rings. The second-order valence-corrected chi connectivity index (χ2v) is 9.54. The molecule has 3 aliphatic rings. The Bertz CT molecular complexity index is 845. The molecule has 3 fully saturated rings. The van der Waals surface area contributed by atoms with Gasteiger partial charge in [-0.05, 0) is 49.3 Å². The number of aliphatic carboxylic acids is 2. The average Bonchev–Trinajstić information content (AvgIpc) is 3.50. The SMILES string of the molecule is O=C(O)C(F)(F)F.O=C(O)C(F)(F)F.c1cc(COC2COC3(CCN(CC4CCCC4)CC3)C2)ccn1. The highest BCUT2D eigenvalue weighted by Crippen LogP contribution is 2.38. The molecule has 2 saturated heterocycles. The Balaban J connectivity index is 0.000000301. The molecule has 8 nitrogen and oxygen atoms in total. The molecule has 0 amide bonds. The first-order chi connectivity index (χ1) is 17.7. The molecule has 1 unspecified atom stereocenters. The number of carboxylic acids is 2. The summed E-state index contributed by atoms with van der Waals surface area (Å²) in [5.41, 5.74) is 1.28. The fourth-order valence-electron chi connectivity index (χ4n) is 4.65. The lowest BCUT2D eigenvalue weighted by Gasteiger charge is -2.39. The van der Waals surface area contributed by atoms with Gasteiger partial charge >= 0.3 is 24.3 Å². The lowest BCUT2D eigenvalue weighted by Crippen LogP contribution is -2.45. The highest BCUT2D eigenvalue weighted by Gasteiger charge is 2.43. The number of ether oxygens (including phenoxy) is 2. The maximum atomic E-state index is 10.6. The molecule has 38 heavy (non-hydrogen) atoms. The number of likely N-dealkylation sites (tertiary alicyclic amines) is 1. The number of hydrogen-bond donors (Lipinski definition) is 2. The van der Waals surface area contributed by atoms with Crippen LogP contribution in [0, 0.1) is 5.92 Å². The summed E-state index contributed by atoms with van der Waals surface area (Å²) in [6.45, 7) is 5.15. The van der Waals surface area contributed by atoms with Crippen LogP contribution in [0.1, 0.15) is 50.5 Å². The van der Waals surface area contributed by atoms with E-state index < -0.39 is 24.3 Å². The van der Waals surface area contributed by atoms with Crippen molar-refractivity contribution in [2.45, 2.75) is 75.6 Å². The summed E-state index contributed by atoms with van der Waals surface area (Å²) in [7, 11) is 0. The van der Waals surface area contributed by atoms with Crippen LogP contribution in [0.4, 0.5) is 26.3 Å². The zero-order valence-electron chi connectivity index (χ0n) is 20.6. The minimum atomic E-state index is -5.08. The molecule has 1 aromatic heterocycles. The molecule has 1 aliphatic carbocycles. The van der Waals surface area contributed by atoms with Crippen LogP contribution in [0.5, 0.6) is 0 Å². The van der Waals surface area contributed by atoms with E-state index in [1.54, 1.807) is 0 Å². The molecule has 216 valence electrons. The molecular formula is C24H32F6N2O6. The molecule has 1 saturated carbocycles. The second-order valence-electron chi connectivity index (χ2n) is 9.54. The molecular weight excluding hydrogens is 526 g/mol. The smallest absolute Gasteiger partial charge is 0.475 e. The van der Waals surface area contributed by atoms with Gasteiger partial charge in [-0.1, -0.05) is 12.8 Å². The summed E-state index contributed by atoms with van der Waals surface area (Å²) in [4.78, 5) is 24.5. The third kappa shape index (κ3) is 11.1. The molecule has 3 heterocycles. The zero-order valence-corrected chi connectivity index (χ0v) is 20.6. The predicted molar refractivity (Wildman–Crippen MR) is 121 cm³/mol. The highest BCUT2D eigenvalue weighted by molar-refractivity contribution is 5.73. The summed E-state index contributed by atoms with van der Waals surface area (Å²) in [6, 6.07) is 4.04. The number of hydrogen-bond acceptors (Lipinski definition) is 6. The number of aromatic nitrogens is 1. The molecule has 0 radical (unpaired) electrons. The molecule has 14 heteroatoms. The first kappa shape index (κ1) is 31.8. The number of pyridine rings is 1. The van der Waals surface area contributed by atoms with Gasteiger partial charge in [0.25, 0.3) is 0 Å². The van der Waals surface area contributed by atoms with Crippen molar-refractivity contribution in [3.8, 4) is 0 Å². The maximum absolute atomic E-state index is 10.6. The van der Waals surface area contributed by atoms with Crippen LogP contribution < -0.4 is 0 Å². The van der Waals surface area contributed by atoms with Crippen molar-refractivity contribution in [2.75, 3.05) is 26.2 Å². The van der Waals surface area contributed by atoms with Crippen molar-refractivity contribution >= 4 is 11.9 Å². The fraction of sp³-hybridized carbons (Fsp3) is 0.708. The van der Waals surface area contributed by atoms with Gasteiger partial charge in [0.2, 0.25) is 0 Å². The van der Waals surface area contributed by atoms with Crippen molar-refractivity contribution in [1.82, 2.24) is 9.88 Å². The molecule has 1 atom stereocenters. The maximum Gasteiger partial charge on any atom is 0.490 e. The van der Waals surface area contributed by atoms with Gasteiger partial charge < -0.3 is 24.6 Å². The summed E-state index contributed by atoms with van der Waals surface area (Å²) < 4.78 is 75.8. The van der Waals surface area contributed by atoms with E-state index in [-0.39, 0.29) is 11.7 Å². The lowest BCUT2D eigenvalue weighted by molar-refractivity contribution is -0.193. The van der Waals surface area contributed by atoms with Crippen molar-refractivity contribution in [3.05, 3.63) is 30.1 Å². The summed E-state index contributed by atoms with van der Waals surface area (Å²) >= 11 is 0. The van der Waals surface area contributed by atoms with Crippen LogP contribution >= 0.6 is 0 Å². The minimum absolute atomic E-state index is 0.0923. The van der Waals surface area contributed by atoms with Crippen molar-refractivity contribution in [2.24, 2.45) is 5.92 Å². The van der Waals surface area contributed by atoms with E-state index in [0.29, 0.717) is 6.61 Å². The lowest BCUT2D eigenvalue weighted by atomic mass is 9.87. The van der Waals surface area contributed by atoms with Gasteiger partial charge in [-0.25, -0.2) is 9.59 Å². The first-order valence-electron chi connectivity index (χ1n) is 12.2. The highest BCUT2D eigenvalue weighted by atomic mass is 19.4. The second kappa shape index (κ2) is 14.1. The zero-order chi connectivity index (χ0) is 28.4. The first-order valence-corrected chi connectivity index (χ1v) is 12.2. The Morgan fingerprint density at radius 1 is 1.00 bits per heavy atom. The number of halogens is 6. The van der Waals surface area contributed by atoms with Crippen LogP contribution in [-0.4, -0.2) is 82.3 Å². The average molecular weight is 559 g/mol. The number of alkyl halides is 6. The number of carboxylic acid groups (broad SMARTS) is 2. The van der Waals surface area contributed by atoms with Crippen LogP contribution in [0.15, 0.2) is 24.5 Å². The normalized spacial score (nSPS) is 21.8. The predicted octanol–water partition coefficient (Wildman–Crippen LogP) is 4.68. The quantitative estimate of drug-likeness (QED) is 0.502. The summed E-state index contributed by atoms with van der Waals surface area (Å²) in [5, 5.41) is 14.2. The van der Waals surface area contributed by atoms with E-state index in [2.05, 4.69) is 9.88 Å². The monoisotopic (exact) mass is 558 g/mol. The van der Waals surface area contributed by atoms with E-state index in [1.165, 1.54) is 63.7 Å². The van der Waals surface area contributed by atoms with Gasteiger partial charge in [-0.15, -0.1) is 0 Å². The molecule has 0 aromatic carbocycles. The minimum Gasteiger partial charge on any atom is -0.475 e. The van der Waals surface area contributed by atoms with Crippen molar-refractivity contribution in [3.63, 3.8) is 0 Å². The van der Waals surface area contributed by atoms with Gasteiger partial charge in [-0.3, -0.25) is 4.98 Å². The van der Waals surface area contributed by atoms with Crippen LogP contribution in [0.3, 0.4) is 0 Å². The van der Waals surface area contributed by atoms with Crippen molar-refractivity contribution < 1.29 is 55.6 Å². The van der Waals surface area contributed by atoms with E-state index >= 15 is 0 Å². The summed E-state index contributed by atoms with van der Waals surface area (Å²) in [6.07, 6.45) is 2.94. The Hall–Kier alpha value is -2.45. The topological polar surface area (TPSA) is 109 Å².